The van der Waals surface area contributed by atoms with E-state index in [2.05, 4.69) is 15.3 Å². The average molecular weight is 285 g/mol. The van der Waals surface area contributed by atoms with Crippen molar-refractivity contribution < 1.29 is 14.3 Å². The monoisotopic (exact) mass is 285 g/mol. The smallest absolute Gasteiger partial charge is 0.359 e. The summed E-state index contributed by atoms with van der Waals surface area (Å²) in [4.78, 5) is 31.2. The molecule has 0 saturated carbocycles. The second-order valence-corrected chi connectivity index (χ2v) is 4.48. The molecule has 0 atom stereocenters. The molecule has 0 fully saturated rings. The van der Waals surface area contributed by atoms with E-state index >= 15 is 0 Å². The van der Waals surface area contributed by atoms with Gasteiger partial charge in [-0.25, -0.2) is 9.78 Å². The lowest BCUT2D eigenvalue weighted by molar-refractivity contribution is -0.119. The first-order chi connectivity index (χ1) is 10.1. The van der Waals surface area contributed by atoms with Crippen LogP contribution in [0.1, 0.15) is 21.7 Å². The van der Waals surface area contributed by atoms with Crippen LogP contribution in [0.5, 0.6) is 0 Å². The Morgan fingerprint density at radius 1 is 1.14 bits per heavy atom. The molecule has 0 spiro atoms. The van der Waals surface area contributed by atoms with E-state index in [0.29, 0.717) is 11.4 Å². The minimum absolute atomic E-state index is 0.0734. The standard InChI is InChI=1S/C15H15N3O3/c1-10-5-3-4-6-12(10)18-14(19)9-21-15(20)13-8-16-11(2)7-17-13/h3-8H,9H2,1-2H3,(H,18,19). The SMILES string of the molecule is Cc1cnc(C(=O)OCC(=O)Nc2ccccc2C)cn1. The molecule has 2 aromatic rings. The lowest BCUT2D eigenvalue weighted by Gasteiger charge is -2.08. The number of hydrogen-bond donors (Lipinski definition) is 1. The Labute approximate surface area is 122 Å². The second-order valence-electron chi connectivity index (χ2n) is 4.48. The van der Waals surface area contributed by atoms with Gasteiger partial charge in [-0.15, -0.1) is 0 Å². The Bertz CT molecular complexity index is 653. The summed E-state index contributed by atoms with van der Waals surface area (Å²) in [5.41, 5.74) is 2.39. The van der Waals surface area contributed by atoms with Gasteiger partial charge in [0.1, 0.15) is 0 Å². The number of aryl methyl sites for hydroxylation is 2. The number of benzene rings is 1. The van der Waals surface area contributed by atoms with E-state index < -0.39 is 11.9 Å². The summed E-state index contributed by atoms with van der Waals surface area (Å²) in [7, 11) is 0. The van der Waals surface area contributed by atoms with E-state index in [-0.39, 0.29) is 12.3 Å². The number of carbonyl (C=O) groups is 2. The van der Waals surface area contributed by atoms with Crippen LogP contribution in [0.15, 0.2) is 36.7 Å². The molecule has 6 heteroatoms. The number of para-hydroxylation sites is 1. The third kappa shape index (κ3) is 4.10. The lowest BCUT2D eigenvalue weighted by Crippen LogP contribution is -2.21. The minimum atomic E-state index is -0.678. The quantitative estimate of drug-likeness (QED) is 0.867. The van der Waals surface area contributed by atoms with Crippen molar-refractivity contribution >= 4 is 17.6 Å². The molecule has 6 nitrogen and oxygen atoms in total. The van der Waals surface area contributed by atoms with E-state index in [0.717, 1.165) is 5.56 Å². The fourth-order valence-corrected chi connectivity index (χ4v) is 1.60. The second kappa shape index (κ2) is 6.60. The molecule has 21 heavy (non-hydrogen) atoms. The first kappa shape index (κ1) is 14.6. The van der Waals surface area contributed by atoms with E-state index in [4.69, 9.17) is 4.74 Å². The summed E-state index contributed by atoms with van der Waals surface area (Å²) in [6.07, 6.45) is 2.78. The number of nitrogens with one attached hydrogen (secondary N) is 1. The van der Waals surface area contributed by atoms with E-state index in [9.17, 15) is 9.59 Å². The van der Waals surface area contributed by atoms with Gasteiger partial charge in [-0.1, -0.05) is 18.2 Å². The summed E-state index contributed by atoms with van der Waals surface area (Å²) in [6.45, 7) is 3.27. The molecule has 0 radical (unpaired) electrons. The number of carbonyl (C=O) groups excluding carboxylic acids is 2. The molecule has 0 saturated heterocycles. The Morgan fingerprint density at radius 2 is 1.90 bits per heavy atom. The summed E-state index contributed by atoms with van der Waals surface area (Å²) >= 11 is 0. The zero-order chi connectivity index (χ0) is 15.2. The highest BCUT2D eigenvalue weighted by Gasteiger charge is 2.12. The van der Waals surface area contributed by atoms with Crippen molar-refractivity contribution in [2.45, 2.75) is 13.8 Å². The molecule has 1 aromatic carbocycles. The fraction of sp³-hybridized carbons (Fsp3) is 0.200. The zero-order valence-corrected chi connectivity index (χ0v) is 11.8. The Hall–Kier alpha value is -2.76. The predicted molar refractivity (Wildman–Crippen MR) is 76.9 cm³/mol. The highest BCUT2D eigenvalue weighted by Crippen LogP contribution is 2.12. The van der Waals surface area contributed by atoms with Crippen molar-refractivity contribution in [3.63, 3.8) is 0 Å². The van der Waals surface area contributed by atoms with Crippen molar-refractivity contribution in [2.75, 3.05) is 11.9 Å². The first-order valence-electron chi connectivity index (χ1n) is 6.37. The summed E-state index contributed by atoms with van der Waals surface area (Å²) in [5, 5.41) is 2.67. The van der Waals surface area contributed by atoms with Gasteiger partial charge in [0.2, 0.25) is 0 Å². The van der Waals surface area contributed by atoms with E-state index in [1.165, 1.54) is 12.4 Å². The van der Waals surface area contributed by atoms with Gasteiger partial charge in [-0.3, -0.25) is 9.78 Å². The fourth-order valence-electron chi connectivity index (χ4n) is 1.60. The van der Waals surface area contributed by atoms with Crippen molar-refractivity contribution in [1.29, 1.82) is 0 Å². The first-order valence-corrected chi connectivity index (χ1v) is 6.37. The zero-order valence-electron chi connectivity index (χ0n) is 11.8. The van der Waals surface area contributed by atoms with E-state index in [1.54, 1.807) is 13.0 Å². The topological polar surface area (TPSA) is 81.2 Å². The Balaban J connectivity index is 1.88. The lowest BCUT2D eigenvalue weighted by atomic mass is 10.2. The predicted octanol–water partition coefficient (Wildman–Crippen LogP) is 1.89. The van der Waals surface area contributed by atoms with Crippen LogP contribution in [-0.4, -0.2) is 28.5 Å². The van der Waals surface area contributed by atoms with Gasteiger partial charge >= 0.3 is 5.97 Å². The number of aromatic nitrogens is 2. The number of rotatable bonds is 4. The molecular formula is C15H15N3O3. The van der Waals surface area contributed by atoms with Gasteiger partial charge in [0, 0.05) is 11.9 Å². The van der Waals surface area contributed by atoms with Crippen LogP contribution in [0, 0.1) is 13.8 Å². The summed E-state index contributed by atoms with van der Waals surface area (Å²) in [5.74, 6) is -1.08. The number of ether oxygens (including phenoxy) is 1. The maximum atomic E-state index is 11.7. The van der Waals surface area contributed by atoms with Crippen LogP contribution < -0.4 is 5.32 Å². The Morgan fingerprint density at radius 3 is 2.57 bits per heavy atom. The molecule has 0 unspecified atom stereocenters. The van der Waals surface area contributed by atoms with Crippen molar-refractivity contribution in [1.82, 2.24) is 9.97 Å². The molecule has 0 bridgehead atoms. The molecule has 2 rings (SSSR count). The van der Waals surface area contributed by atoms with Gasteiger partial charge in [0.05, 0.1) is 11.9 Å². The normalized spacial score (nSPS) is 10.0. The molecule has 1 N–H and O–H groups in total. The van der Waals surface area contributed by atoms with Crippen molar-refractivity contribution in [2.24, 2.45) is 0 Å². The van der Waals surface area contributed by atoms with Crippen LogP contribution in [0.3, 0.4) is 0 Å². The van der Waals surface area contributed by atoms with Gasteiger partial charge < -0.3 is 10.1 Å². The van der Waals surface area contributed by atoms with Crippen molar-refractivity contribution in [3.05, 3.63) is 53.6 Å². The third-order valence-electron chi connectivity index (χ3n) is 2.74. The van der Waals surface area contributed by atoms with Gasteiger partial charge in [0.15, 0.2) is 12.3 Å². The summed E-state index contributed by atoms with van der Waals surface area (Å²) < 4.78 is 4.89. The third-order valence-corrected chi connectivity index (χ3v) is 2.74. The maximum Gasteiger partial charge on any atom is 0.359 e. The van der Waals surface area contributed by atoms with Gasteiger partial charge in [0.25, 0.3) is 5.91 Å². The molecule has 0 aliphatic heterocycles. The highest BCUT2D eigenvalue weighted by molar-refractivity contribution is 5.95. The van der Waals surface area contributed by atoms with Crippen LogP contribution in [0.25, 0.3) is 0 Å². The molecule has 108 valence electrons. The molecule has 0 aliphatic carbocycles. The maximum absolute atomic E-state index is 11.7. The molecule has 0 aliphatic rings. The van der Waals surface area contributed by atoms with Crippen LogP contribution in [0.4, 0.5) is 5.69 Å². The van der Waals surface area contributed by atoms with Crippen LogP contribution in [0.2, 0.25) is 0 Å². The highest BCUT2D eigenvalue weighted by atomic mass is 16.5. The molecule has 1 aromatic heterocycles. The number of anilines is 1. The van der Waals surface area contributed by atoms with Gasteiger partial charge in [-0.2, -0.15) is 0 Å². The number of esters is 1. The average Bonchev–Trinajstić information content (AvgIpc) is 2.48. The number of nitrogens with zero attached hydrogens (tertiary/aromatic N) is 2. The minimum Gasteiger partial charge on any atom is -0.451 e. The molecule has 1 amide bonds. The summed E-state index contributed by atoms with van der Waals surface area (Å²) in [6, 6.07) is 7.35. The van der Waals surface area contributed by atoms with Crippen LogP contribution in [-0.2, 0) is 9.53 Å². The molecule has 1 heterocycles. The molecular weight excluding hydrogens is 270 g/mol. The number of amides is 1. The largest absolute Gasteiger partial charge is 0.451 e. The van der Waals surface area contributed by atoms with E-state index in [1.807, 2.05) is 25.1 Å². The van der Waals surface area contributed by atoms with Crippen molar-refractivity contribution in [3.8, 4) is 0 Å². The van der Waals surface area contributed by atoms with Crippen LogP contribution >= 0.6 is 0 Å². The Kier molecular flexibility index (Phi) is 4.61. The number of hydrogen-bond acceptors (Lipinski definition) is 5. The van der Waals surface area contributed by atoms with Gasteiger partial charge in [-0.05, 0) is 25.5 Å².